The number of imidazole rings is 1. The molecule has 1 aliphatic carbocycles. The number of likely N-dealkylation sites (N-methyl/N-ethyl adjacent to an activating group) is 1. The highest BCUT2D eigenvalue weighted by molar-refractivity contribution is 6.38. The first kappa shape index (κ1) is 91.6. The Morgan fingerprint density at radius 3 is 1.49 bits per heavy atom. The number of rotatable bonds is 25. The van der Waals surface area contributed by atoms with Crippen molar-refractivity contribution < 1.29 is 63.7 Å². The van der Waals surface area contributed by atoms with Gasteiger partial charge in [-0.25, -0.2) is 40.1 Å². The van der Waals surface area contributed by atoms with Crippen molar-refractivity contribution in [1.29, 1.82) is 15.8 Å². The number of piperidine rings is 1. The molecular weight excluding hydrogens is 1800 g/mol. The summed E-state index contributed by atoms with van der Waals surface area (Å²) in [4.78, 5) is 92.3. The molecule has 6 aromatic carbocycles. The van der Waals surface area contributed by atoms with E-state index in [0.29, 0.717) is 141 Å². The summed E-state index contributed by atoms with van der Waals surface area (Å²) in [6, 6.07) is 26.7. The molecule has 18 rings (SSSR count). The molecule has 4 aromatic heterocycles. The summed E-state index contributed by atoms with van der Waals surface area (Å²) >= 11 is 21.0. The van der Waals surface area contributed by atoms with Gasteiger partial charge in [-0.15, -0.1) is 0 Å². The van der Waals surface area contributed by atoms with Gasteiger partial charge in [0.05, 0.1) is 138 Å². The Labute approximate surface area is 781 Å². The van der Waals surface area contributed by atoms with Gasteiger partial charge in [-0.2, -0.15) is 45.7 Å². The Morgan fingerprint density at radius 2 is 0.993 bits per heavy atom. The molecule has 11 heterocycles. The number of ether oxygens (including phenoxy) is 3. The Hall–Kier alpha value is -12.9. The quantitative estimate of drug-likeness (QED) is 0.0380. The number of anilines is 6. The van der Waals surface area contributed by atoms with Gasteiger partial charge >= 0.3 is 18.0 Å². The lowest BCUT2D eigenvalue weighted by Crippen LogP contribution is -2.55. The first-order chi connectivity index (χ1) is 64.6. The lowest BCUT2D eigenvalue weighted by molar-refractivity contribution is -0.132. The molecule has 0 N–H and O–H groups in total. The largest absolute Gasteiger partial charge is 0.463 e. The van der Waals surface area contributed by atoms with Crippen LogP contribution in [0.3, 0.4) is 0 Å². The number of benzene rings is 6. The fraction of sp³-hybridized carbons (Fsp3) is 0.406. The molecule has 8 atom stereocenters. The third-order valence-electron chi connectivity index (χ3n) is 27.7. The summed E-state index contributed by atoms with van der Waals surface area (Å²) in [6.45, 7) is 13.5. The molecule has 694 valence electrons. The fourth-order valence-electron chi connectivity index (χ4n) is 21.0. The van der Waals surface area contributed by atoms with Crippen molar-refractivity contribution in [2.24, 2.45) is 18.9 Å². The highest BCUT2D eigenvalue weighted by atomic mass is 35.5. The molecule has 134 heavy (non-hydrogen) atoms. The average molecular weight is 1890 g/mol. The standard InChI is InChI=1S/C96H92Cl3F8N21O6/c1-51(87(106)107)49-133-95-113-74-48-122(31-24-65(74)89(116-95)124-33-36-127(92(130)53(3)101)57(44-124)20-27-109)77-18-15-60(62-14-17-70(104)85(98)83(62)77)78-42-111-80(119(78)6)25-38-132-94-112-72-47-121(30-23-63(72)88(115-94)123-32-35-126(91(129)52(2)100)56(43-123)19-26-108)76-12-8-10-61-67(41-71(105)86(99)82(61)76)66-39-59-40-68(66)79(118(59)5)50-134-96-114-73-46-120(75-11-7-9-55-13-16-69(103)84(97)81(55)75)29-22-64(73)90(117-96)125-34-37-128(93(131)54(4)102)58(45-125)21-28-110/h7-18,41-42,51,56-59,66,68,79,87H,2-4,19-25,29-40,43-50H2,1,5-6H3/t51?,56-,57-,58-,59?,66?,68?,79+/m0/s1. The van der Waals surface area contributed by atoms with Gasteiger partial charge in [0.15, 0.2) is 17.5 Å². The summed E-state index contributed by atoms with van der Waals surface area (Å²) in [7, 11) is 3.89. The zero-order valence-electron chi connectivity index (χ0n) is 73.5. The van der Waals surface area contributed by atoms with Gasteiger partial charge in [-0.05, 0) is 109 Å². The second-order valence-corrected chi connectivity index (χ2v) is 36.4. The van der Waals surface area contributed by atoms with Gasteiger partial charge in [0.1, 0.15) is 47.3 Å². The zero-order chi connectivity index (χ0) is 94.1. The maximum atomic E-state index is 17.3. The topological polar surface area (TPSA) is 278 Å². The van der Waals surface area contributed by atoms with E-state index in [-0.39, 0.29) is 174 Å². The summed E-state index contributed by atoms with van der Waals surface area (Å²) in [5.41, 5.74) is 7.94. The van der Waals surface area contributed by atoms with Crippen molar-refractivity contribution in [2.75, 3.05) is 135 Å². The Bertz CT molecular complexity index is 6580. The number of aromatic nitrogens is 8. The van der Waals surface area contributed by atoms with Crippen LogP contribution in [0.5, 0.6) is 18.0 Å². The third-order valence-corrected chi connectivity index (χ3v) is 28.8. The second kappa shape index (κ2) is 37.9. The zero-order valence-corrected chi connectivity index (χ0v) is 75.8. The maximum Gasteiger partial charge on any atom is 0.318 e. The highest BCUT2D eigenvalue weighted by Gasteiger charge is 2.52. The van der Waals surface area contributed by atoms with Crippen molar-refractivity contribution in [2.45, 2.75) is 127 Å². The predicted octanol–water partition coefficient (Wildman–Crippen LogP) is 15.4. The van der Waals surface area contributed by atoms with E-state index in [0.717, 1.165) is 33.9 Å². The molecule has 38 heteroatoms. The van der Waals surface area contributed by atoms with Crippen LogP contribution in [0.15, 0.2) is 122 Å². The van der Waals surface area contributed by atoms with Gasteiger partial charge < -0.3 is 62.9 Å². The third kappa shape index (κ3) is 17.3. The van der Waals surface area contributed by atoms with Crippen molar-refractivity contribution in [3.05, 3.63) is 200 Å². The minimum atomic E-state index is -2.70. The molecule has 8 aliphatic rings. The fourth-order valence-corrected chi connectivity index (χ4v) is 21.8. The smallest absolute Gasteiger partial charge is 0.318 e. The van der Waals surface area contributed by atoms with Crippen LogP contribution < -0.4 is 43.6 Å². The number of nitriles is 3. The van der Waals surface area contributed by atoms with Crippen molar-refractivity contribution >= 4 is 119 Å². The molecule has 27 nitrogen and oxygen atoms in total. The molecule has 0 spiro atoms. The van der Waals surface area contributed by atoms with Gasteiger partial charge in [-0.1, -0.05) is 104 Å². The molecule has 0 radical (unpaired) electrons. The number of likely N-dealkylation sites (tertiary alicyclic amines) is 1. The van der Waals surface area contributed by atoms with E-state index in [4.69, 9.17) is 83.9 Å². The molecule has 10 aromatic rings. The van der Waals surface area contributed by atoms with Crippen LogP contribution in [0.25, 0.3) is 43.6 Å². The molecule has 7 aliphatic heterocycles. The minimum Gasteiger partial charge on any atom is -0.463 e. The molecule has 2 bridgehead atoms. The minimum absolute atomic E-state index is 0.00442. The first-order valence-corrected chi connectivity index (χ1v) is 45.5. The van der Waals surface area contributed by atoms with Gasteiger partial charge in [0, 0.05) is 160 Å². The Kier molecular flexibility index (Phi) is 25.9. The molecular formula is C96H92Cl3F8N21O6. The number of amides is 3. The lowest BCUT2D eigenvalue weighted by Gasteiger charge is -2.42. The van der Waals surface area contributed by atoms with Gasteiger partial charge in [-0.3, -0.25) is 19.3 Å². The SMILES string of the molecule is C=C(F)C(=O)N1CCN(c2nc(OC[C@@H]3C4CC(CC4c4cc(F)c(Cl)c5c(N6CCc7c(nc(OCCc8ncc(-c9ccc(N%10CCc%11c(nc(OCC(C)C(F)F)nc%11N%11CCN(C(=O)C(=C)F)[C@@H](CC#N)C%11)C%10)c%10c(Cl)c(F)ccc9%10)n8C)nc7N7CCN(C(=O)C(=C)F)[C@@H](CC#N)C7)C6)cccc45)N3C)nc3c2CCN(c2cccc4ccc(F)c(Cl)c24)C3)C[C@@H]1CC#N. The Balaban J connectivity index is 0.612. The van der Waals surface area contributed by atoms with Crippen LogP contribution in [-0.2, 0) is 66.7 Å². The molecule has 5 fully saturated rings. The van der Waals surface area contributed by atoms with E-state index in [1.165, 1.54) is 33.8 Å². The van der Waals surface area contributed by atoms with Crippen LogP contribution in [0.4, 0.5) is 69.6 Å². The van der Waals surface area contributed by atoms with E-state index < -0.39 is 89.7 Å². The summed E-state index contributed by atoms with van der Waals surface area (Å²) in [5.74, 6) is -7.41. The molecule has 4 saturated heterocycles. The van der Waals surface area contributed by atoms with Gasteiger partial charge in [0.2, 0.25) is 6.43 Å². The predicted molar refractivity (Wildman–Crippen MR) is 490 cm³/mol. The molecule has 3 amide bonds. The number of hydrogen-bond donors (Lipinski definition) is 0. The number of carbonyl (C=O) groups excluding carboxylic acids is 3. The van der Waals surface area contributed by atoms with Crippen molar-refractivity contribution in [3.63, 3.8) is 0 Å². The lowest BCUT2D eigenvalue weighted by atomic mass is 9.80. The van der Waals surface area contributed by atoms with E-state index in [1.54, 1.807) is 24.4 Å². The number of carbonyl (C=O) groups is 3. The summed E-state index contributed by atoms with van der Waals surface area (Å²) < 4.78 is 141. The van der Waals surface area contributed by atoms with Crippen molar-refractivity contribution in [1.82, 2.24) is 59.1 Å². The van der Waals surface area contributed by atoms with E-state index in [1.807, 2.05) is 79.7 Å². The van der Waals surface area contributed by atoms with E-state index in [2.05, 4.69) is 59.7 Å². The number of nitrogens with zero attached hydrogens (tertiary/aromatic N) is 21. The summed E-state index contributed by atoms with van der Waals surface area (Å²) in [6.07, 6.45) is 1.47. The monoisotopic (exact) mass is 1890 g/mol. The van der Waals surface area contributed by atoms with E-state index >= 15 is 13.2 Å². The number of piperazine rings is 3. The normalized spacial score (nSPS) is 20.3. The first-order valence-electron chi connectivity index (χ1n) is 44.4. The van der Waals surface area contributed by atoms with Crippen LogP contribution in [0, 0.1) is 63.3 Å². The summed E-state index contributed by atoms with van der Waals surface area (Å²) in [5, 5.41) is 33.2. The van der Waals surface area contributed by atoms with Crippen LogP contribution in [-0.4, -0.2) is 219 Å². The number of halogens is 11. The van der Waals surface area contributed by atoms with Crippen LogP contribution >= 0.6 is 34.8 Å². The second-order valence-electron chi connectivity index (χ2n) is 35.3. The van der Waals surface area contributed by atoms with Gasteiger partial charge in [0.25, 0.3) is 17.7 Å². The van der Waals surface area contributed by atoms with Crippen molar-refractivity contribution in [3.8, 4) is 47.5 Å². The van der Waals surface area contributed by atoms with Crippen LogP contribution in [0.1, 0.15) is 90.1 Å². The number of alkyl halides is 2. The highest BCUT2D eigenvalue weighted by Crippen LogP contribution is 2.54. The van der Waals surface area contributed by atoms with Crippen LogP contribution in [0.2, 0.25) is 15.1 Å². The Morgan fingerprint density at radius 1 is 0.530 bits per heavy atom. The maximum absolute atomic E-state index is 17.3. The van der Waals surface area contributed by atoms with E-state index in [9.17, 15) is 52.1 Å². The number of hydrogen-bond acceptors (Lipinski definition) is 23. The molecule has 4 unspecified atom stereocenters. The average Bonchev–Trinajstić information content (AvgIpc) is 1.49. The number of fused-ring (bicyclic) bond motifs is 8. The molecule has 1 saturated carbocycles.